The molecule has 0 N–H and O–H groups in total. The normalized spacial score (nSPS) is 14.4. The predicted octanol–water partition coefficient (Wildman–Crippen LogP) is 16.2. The van der Waals surface area contributed by atoms with E-state index in [1.54, 1.807) is 22.7 Å². The van der Waals surface area contributed by atoms with E-state index >= 15 is 0 Å². The van der Waals surface area contributed by atoms with Crippen molar-refractivity contribution in [1.29, 1.82) is 0 Å². The van der Waals surface area contributed by atoms with Crippen LogP contribution in [0.3, 0.4) is 0 Å². The first-order chi connectivity index (χ1) is 36.1. The summed E-state index contributed by atoms with van der Waals surface area (Å²) in [6, 6.07) is 66.9. The number of benzene rings is 8. The highest BCUT2D eigenvalue weighted by Crippen LogP contribution is 2.44. The lowest BCUT2D eigenvalue weighted by atomic mass is 9.78. The Morgan fingerprint density at radius 1 is 0.392 bits per heavy atom. The van der Waals surface area contributed by atoms with Gasteiger partial charge in [-0.2, -0.15) is 0 Å². The van der Waals surface area contributed by atoms with Crippen LogP contribution in [0, 0.1) is 0 Å². The molecule has 0 unspecified atom stereocenters. The van der Waals surface area contributed by atoms with Crippen LogP contribution in [0.1, 0.15) is 27.7 Å². The number of hydrogen-bond acceptors (Lipinski definition) is 8. The molecule has 15 rings (SSSR count). The van der Waals surface area contributed by atoms with Crippen molar-refractivity contribution in [2.75, 3.05) is 0 Å². The summed E-state index contributed by atoms with van der Waals surface area (Å²) < 4.78 is 21.6. The molecular weight excluding hydrogens is 971 g/mol. The molecule has 8 nitrogen and oxygen atoms in total. The Balaban J connectivity index is 0.000000140. The maximum absolute atomic E-state index is 6.58. The van der Waals surface area contributed by atoms with E-state index in [0.717, 1.165) is 95.7 Å². The average molecular weight is 1020 g/mol. The number of halogens is 1. The second-order valence-corrected chi connectivity index (χ2v) is 22.2. The van der Waals surface area contributed by atoms with E-state index in [2.05, 4.69) is 195 Å². The first-order valence-electron chi connectivity index (χ1n) is 24.7. The van der Waals surface area contributed by atoms with Gasteiger partial charge in [-0.15, -0.1) is 22.7 Å². The number of para-hydroxylation sites is 4. The largest absolute Gasteiger partial charge is 0.496 e. The Bertz CT molecular complexity index is 4420. The number of fused-ring (bicyclic) bond motifs is 12. The Labute approximate surface area is 439 Å². The molecule has 0 saturated carbocycles. The van der Waals surface area contributed by atoms with Gasteiger partial charge in [-0.25, -0.2) is 19.9 Å². The fourth-order valence-corrected chi connectivity index (χ4v) is 13.2. The molecule has 12 heteroatoms. The van der Waals surface area contributed by atoms with Crippen LogP contribution < -0.4 is 5.46 Å². The van der Waals surface area contributed by atoms with Crippen LogP contribution in [0.25, 0.3) is 119 Å². The van der Waals surface area contributed by atoms with E-state index in [9.17, 15) is 0 Å². The van der Waals surface area contributed by atoms with Crippen molar-refractivity contribution in [3.05, 3.63) is 199 Å². The smallest absolute Gasteiger partial charge is 0.399 e. The van der Waals surface area contributed by atoms with E-state index in [0.29, 0.717) is 11.9 Å². The molecule has 7 heterocycles. The monoisotopic (exact) mass is 1010 g/mol. The van der Waals surface area contributed by atoms with Crippen LogP contribution in [0.2, 0.25) is 5.02 Å². The SMILES string of the molecule is CC1(C)OB(c2cccc3c2sc2c(-c4ccccc4)nc(-n4c5ccccc5c5ccccc54)nc23)OC1(C)C.Clc1cccc2c1sc1c(-c3ccccc3)nc(-n3c4ccccc4c4ccccc43)nc12. The Morgan fingerprint density at radius 3 is 1.20 bits per heavy atom. The predicted molar refractivity (Wildman–Crippen MR) is 310 cm³/mol. The molecule has 356 valence electrons. The van der Waals surface area contributed by atoms with Gasteiger partial charge >= 0.3 is 7.12 Å². The molecule has 14 aromatic rings. The lowest BCUT2D eigenvalue weighted by molar-refractivity contribution is 0.00578. The molecular formula is C62H44BClN6O2S2. The molecule has 1 fully saturated rings. The zero-order valence-corrected chi connectivity index (χ0v) is 43.1. The Morgan fingerprint density at radius 2 is 0.757 bits per heavy atom. The summed E-state index contributed by atoms with van der Waals surface area (Å²) >= 11 is 9.95. The van der Waals surface area contributed by atoms with Gasteiger partial charge in [0.15, 0.2) is 0 Å². The zero-order valence-electron chi connectivity index (χ0n) is 40.7. The third-order valence-electron chi connectivity index (χ3n) is 14.8. The van der Waals surface area contributed by atoms with Gasteiger partial charge in [0.25, 0.3) is 0 Å². The number of nitrogens with zero attached hydrogens (tertiary/aromatic N) is 6. The lowest BCUT2D eigenvalue weighted by Crippen LogP contribution is -2.41. The van der Waals surface area contributed by atoms with Gasteiger partial charge < -0.3 is 9.31 Å². The first-order valence-corrected chi connectivity index (χ1v) is 26.7. The summed E-state index contributed by atoms with van der Waals surface area (Å²) in [5.74, 6) is 1.33. The third kappa shape index (κ3) is 7.02. The minimum Gasteiger partial charge on any atom is -0.399 e. The van der Waals surface area contributed by atoms with E-state index in [4.69, 9.17) is 40.8 Å². The van der Waals surface area contributed by atoms with Gasteiger partial charge in [0.2, 0.25) is 11.9 Å². The quantitative estimate of drug-likeness (QED) is 0.160. The fraction of sp³-hybridized carbons (Fsp3) is 0.0968. The third-order valence-corrected chi connectivity index (χ3v) is 17.7. The van der Waals surface area contributed by atoms with Crippen LogP contribution >= 0.6 is 34.3 Å². The Hall–Kier alpha value is -7.77. The summed E-state index contributed by atoms with van der Waals surface area (Å²) in [6.45, 7) is 8.37. The van der Waals surface area contributed by atoms with Crippen LogP contribution in [-0.2, 0) is 9.31 Å². The molecule has 6 aromatic heterocycles. The Kier molecular flexibility index (Phi) is 10.4. The second-order valence-electron chi connectivity index (χ2n) is 19.7. The van der Waals surface area contributed by atoms with Gasteiger partial charge in [0.05, 0.1) is 74.8 Å². The van der Waals surface area contributed by atoms with Crippen LogP contribution in [0.4, 0.5) is 0 Å². The van der Waals surface area contributed by atoms with Crippen molar-refractivity contribution in [2.45, 2.75) is 38.9 Å². The van der Waals surface area contributed by atoms with E-state index in [-0.39, 0.29) is 0 Å². The van der Waals surface area contributed by atoms with Crippen LogP contribution in [0.15, 0.2) is 194 Å². The first kappa shape index (κ1) is 44.9. The highest BCUT2D eigenvalue weighted by atomic mass is 35.5. The summed E-state index contributed by atoms with van der Waals surface area (Å²) in [4.78, 5) is 20.9. The molecule has 0 atom stereocenters. The standard InChI is InChI=1S/C34H28BN3O2S.C28H16ClN3S/c1-33(2)34(3,4)40-35(39-33)25-18-12-17-24-29-31(41-30(24)25)28(21-13-6-5-7-14-21)36-32(37-29)38-26-19-10-8-15-22(26)23-16-9-11-20-27(23)38;29-21-14-8-13-20-25-27(33-26(20)21)24(17-9-2-1-3-10-17)30-28(31-25)32-22-15-6-4-11-18(22)19-12-5-7-16-23(19)32/h5-20H,1-4H3;1-16H. The maximum atomic E-state index is 6.58. The number of thiophene rings is 2. The lowest BCUT2D eigenvalue weighted by Gasteiger charge is -2.32. The van der Waals surface area contributed by atoms with Crippen LogP contribution in [-0.4, -0.2) is 47.4 Å². The van der Waals surface area contributed by atoms with Crippen molar-refractivity contribution in [3.63, 3.8) is 0 Å². The molecule has 0 aliphatic carbocycles. The molecule has 8 aromatic carbocycles. The maximum Gasteiger partial charge on any atom is 0.496 e. The number of aromatic nitrogens is 6. The molecule has 1 saturated heterocycles. The van der Waals surface area contributed by atoms with Gasteiger partial charge in [0, 0.05) is 53.6 Å². The van der Waals surface area contributed by atoms with Gasteiger partial charge in [-0.1, -0.05) is 175 Å². The van der Waals surface area contributed by atoms with Gasteiger partial charge in [-0.05, 0) is 58.0 Å². The van der Waals surface area contributed by atoms with Crippen molar-refractivity contribution < 1.29 is 9.31 Å². The fourth-order valence-electron chi connectivity index (χ4n) is 10.5. The van der Waals surface area contributed by atoms with Crippen molar-refractivity contribution in [2.24, 2.45) is 0 Å². The van der Waals surface area contributed by atoms with Gasteiger partial charge in [0.1, 0.15) is 0 Å². The van der Waals surface area contributed by atoms with Crippen molar-refractivity contribution in [3.8, 4) is 34.4 Å². The molecule has 0 bridgehead atoms. The van der Waals surface area contributed by atoms with E-state index < -0.39 is 18.3 Å². The van der Waals surface area contributed by atoms with Crippen molar-refractivity contribution in [1.82, 2.24) is 29.1 Å². The molecule has 74 heavy (non-hydrogen) atoms. The summed E-state index contributed by atoms with van der Waals surface area (Å²) in [7, 11) is -0.457. The highest BCUT2D eigenvalue weighted by Gasteiger charge is 2.52. The molecule has 0 amide bonds. The van der Waals surface area contributed by atoms with Gasteiger partial charge in [-0.3, -0.25) is 9.13 Å². The zero-order chi connectivity index (χ0) is 49.9. The minimum atomic E-state index is -0.457. The van der Waals surface area contributed by atoms with Crippen LogP contribution in [0.5, 0.6) is 0 Å². The molecule has 0 radical (unpaired) electrons. The topological polar surface area (TPSA) is 79.9 Å². The molecule has 1 aliphatic rings. The second kappa shape index (κ2) is 17.2. The summed E-state index contributed by atoms with van der Waals surface area (Å²) in [5.41, 5.74) is 10.4. The number of hydrogen-bond donors (Lipinski definition) is 0. The highest BCUT2D eigenvalue weighted by molar-refractivity contribution is 7.27. The average Bonchev–Trinajstić information content (AvgIpc) is 4.24. The number of rotatable bonds is 5. The summed E-state index contributed by atoms with van der Waals surface area (Å²) in [6.07, 6.45) is 0. The molecule has 1 aliphatic heterocycles. The van der Waals surface area contributed by atoms with E-state index in [1.165, 1.54) is 21.5 Å². The molecule has 0 spiro atoms. The minimum absolute atomic E-state index is 0.421. The van der Waals surface area contributed by atoms with E-state index in [1.807, 2.05) is 36.4 Å². The van der Waals surface area contributed by atoms with Crippen molar-refractivity contribution >= 4 is 131 Å². The summed E-state index contributed by atoms with van der Waals surface area (Å²) in [5, 5.41) is 7.64.